The maximum absolute atomic E-state index is 13.5. The lowest BCUT2D eigenvalue weighted by atomic mass is 10.0. The third kappa shape index (κ3) is 1.81. The van der Waals surface area contributed by atoms with Gasteiger partial charge in [0, 0.05) is 18.6 Å². The van der Waals surface area contributed by atoms with Crippen molar-refractivity contribution in [3.05, 3.63) is 29.6 Å². The van der Waals surface area contributed by atoms with Crippen LogP contribution in [0.1, 0.15) is 5.56 Å². The van der Waals surface area contributed by atoms with Gasteiger partial charge in [-0.3, -0.25) is 0 Å². The number of hydrogen-bond donors (Lipinski definition) is 2. The highest BCUT2D eigenvalue weighted by Gasteiger charge is 2.55. The van der Waals surface area contributed by atoms with Crippen molar-refractivity contribution in [2.75, 3.05) is 13.7 Å². The van der Waals surface area contributed by atoms with Crippen molar-refractivity contribution >= 4 is 0 Å². The summed E-state index contributed by atoms with van der Waals surface area (Å²) in [5, 5.41) is 3.45. The first-order valence-corrected chi connectivity index (χ1v) is 6.02. The fraction of sp³-hybridized carbons (Fsp3) is 0.538. The molecule has 1 aliphatic carbocycles. The van der Waals surface area contributed by atoms with Crippen molar-refractivity contribution in [3.63, 3.8) is 0 Å². The summed E-state index contributed by atoms with van der Waals surface area (Å²) in [7, 11) is 1.48. The summed E-state index contributed by atoms with van der Waals surface area (Å²) >= 11 is 0. The van der Waals surface area contributed by atoms with Crippen LogP contribution in [0.15, 0.2) is 18.2 Å². The van der Waals surface area contributed by atoms with Crippen LogP contribution in [0.5, 0.6) is 5.75 Å². The molecule has 2 fully saturated rings. The predicted octanol–water partition coefficient (Wildman–Crippen LogP) is 0.922. The molecule has 1 aromatic carbocycles. The Balaban J connectivity index is 1.71. The molecule has 0 spiro atoms. The third-order valence-electron chi connectivity index (χ3n) is 4.04. The third-order valence-corrected chi connectivity index (χ3v) is 4.04. The van der Waals surface area contributed by atoms with Crippen molar-refractivity contribution in [3.8, 4) is 5.75 Å². The Labute approximate surface area is 100 Å². The van der Waals surface area contributed by atoms with E-state index in [0.29, 0.717) is 29.7 Å². The zero-order valence-corrected chi connectivity index (χ0v) is 9.82. The molecule has 1 aromatic rings. The smallest absolute Gasteiger partial charge is 0.165 e. The first kappa shape index (κ1) is 11.0. The average molecular weight is 236 g/mol. The van der Waals surface area contributed by atoms with Gasteiger partial charge >= 0.3 is 0 Å². The number of hydrogen-bond acceptors (Lipinski definition) is 3. The zero-order chi connectivity index (χ0) is 12.0. The van der Waals surface area contributed by atoms with Crippen LogP contribution in [-0.2, 0) is 6.42 Å². The van der Waals surface area contributed by atoms with Gasteiger partial charge in [0.05, 0.1) is 7.11 Å². The molecule has 3 nitrogen and oxygen atoms in total. The van der Waals surface area contributed by atoms with E-state index in [1.807, 2.05) is 6.07 Å². The minimum atomic E-state index is -0.292. The predicted molar refractivity (Wildman–Crippen MR) is 63.4 cm³/mol. The van der Waals surface area contributed by atoms with Crippen molar-refractivity contribution in [2.45, 2.75) is 18.5 Å². The number of methoxy groups -OCH3 is 1. The molecule has 1 saturated heterocycles. The van der Waals surface area contributed by atoms with E-state index < -0.39 is 0 Å². The molecule has 17 heavy (non-hydrogen) atoms. The fourth-order valence-corrected chi connectivity index (χ4v) is 2.99. The van der Waals surface area contributed by atoms with Crippen molar-refractivity contribution in [1.82, 2.24) is 5.32 Å². The summed E-state index contributed by atoms with van der Waals surface area (Å²) in [5.41, 5.74) is 6.96. The van der Waals surface area contributed by atoms with Crippen LogP contribution in [0.3, 0.4) is 0 Å². The Morgan fingerprint density at radius 2 is 2.35 bits per heavy atom. The van der Waals surface area contributed by atoms with E-state index in [0.717, 1.165) is 18.5 Å². The highest BCUT2D eigenvalue weighted by atomic mass is 19.1. The van der Waals surface area contributed by atoms with E-state index in [-0.39, 0.29) is 5.82 Å². The van der Waals surface area contributed by atoms with Gasteiger partial charge in [-0.15, -0.1) is 0 Å². The molecule has 1 saturated carbocycles. The maximum Gasteiger partial charge on any atom is 0.165 e. The van der Waals surface area contributed by atoms with Crippen molar-refractivity contribution in [2.24, 2.45) is 17.6 Å². The number of fused-ring (bicyclic) bond motifs is 1. The summed E-state index contributed by atoms with van der Waals surface area (Å²) in [4.78, 5) is 0. The Hall–Kier alpha value is -1.13. The minimum absolute atomic E-state index is 0.292. The standard InChI is InChI=1S/C13H17FN2O/c1-17-11-3-2-7(4-9(11)14)5-10-12-8(6-16-10)13(12)15/h2-4,8,10,12-13,16H,5-6,15H2,1H3. The van der Waals surface area contributed by atoms with Crippen LogP contribution in [0.4, 0.5) is 4.39 Å². The lowest BCUT2D eigenvalue weighted by Crippen LogP contribution is -2.33. The summed E-state index contributed by atoms with van der Waals surface area (Å²) in [6.07, 6.45) is 0.843. The number of piperidine rings is 1. The monoisotopic (exact) mass is 236 g/mol. The molecule has 0 radical (unpaired) electrons. The second kappa shape index (κ2) is 3.96. The molecule has 1 aliphatic heterocycles. The van der Waals surface area contributed by atoms with Gasteiger partial charge in [-0.1, -0.05) is 6.07 Å². The minimum Gasteiger partial charge on any atom is -0.494 e. The summed E-state index contributed by atoms with van der Waals surface area (Å²) < 4.78 is 18.4. The Kier molecular flexibility index (Phi) is 2.56. The van der Waals surface area contributed by atoms with Gasteiger partial charge in [-0.2, -0.15) is 0 Å². The van der Waals surface area contributed by atoms with E-state index in [1.165, 1.54) is 7.11 Å². The first-order chi connectivity index (χ1) is 8.20. The number of rotatable bonds is 3. The van der Waals surface area contributed by atoms with E-state index >= 15 is 0 Å². The fourth-order valence-electron chi connectivity index (χ4n) is 2.99. The maximum atomic E-state index is 13.5. The van der Waals surface area contributed by atoms with Gasteiger partial charge in [-0.25, -0.2) is 4.39 Å². The van der Waals surface area contributed by atoms with Crippen LogP contribution in [0.2, 0.25) is 0 Å². The van der Waals surface area contributed by atoms with Crippen LogP contribution < -0.4 is 15.8 Å². The molecule has 2 aliphatic rings. The molecule has 3 N–H and O–H groups in total. The van der Waals surface area contributed by atoms with Crippen LogP contribution in [0.25, 0.3) is 0 Å². The molecule has 0 aromatic heterocycles. The van der Waals surface area contributed by atoms with E-state index in [4.69, 9.17) is 10.5 Å². The highest BCUT2D eigenvalue weighted by Crippen LogP contribution is 2.44. The second-order valence-electron chi connectivity index (χ2n) is 5.01. The van der Waals surface area contributed by atoms with Gasteiger partial charge in [0.15, 0.2) is 11.6 Å². The Bertz CT molecular complexity index is 437. The van der Waals surface area contributed by atoms with Gasteiger partial charge in [0.1, 0.15) is 0 Å². The van der Waals surface area contributed by atoms with Crippen LogP contribution in [-0.4, -0.2) is 25.7 Å². The number of halogens is 1. The number of nitrogens with one attached hydrogen (secondary N) is 1. The molecular weight excluding hydrogens is 219 g/mol. The largest absolute Gasteiger partial charge is 0.494 e. The van der Waals surface area contributed by atoms with Crippen LogP contribution in [0, 0.1) is 17.7 Å². The summed E-state index contributed by atoms with van der Waals surface area (Å²) in [6.45, 7) is 1.01. The highest BCUT2D eigenvalue weighted by molar-refractivity contribution is 5.30. The van der Waals surface area contributed by atoms with E-state index in [9.17, 15) is 4.39 Å². The molecule has 4 heteroatoms. The van der Waals surface area contributed by atoms with Gasteiger partial charge < -0.3 is 15.8 Å². The number of benzene rings is 1. The average Bonchev–Trinajstić information content (AvgIpc) is 2.76. The summed E-state index contributed by atoms with van der Waals surface area (Å²) in [5.74, 6) is 1.23. The molecule has 3 rings (SSSR count). The molecule has 92 valence electrons. The quantitative estimate of drug-likeness (QED) is 0.820. The Morgan fingerprint density at radius 3 is 2.94 bits per heavy atom. The lowest BCUT2D eigenvalue weighted by Gasteiger charge is -2.15. The van der Waals surface area contributed by atoms with Gasteiger partial charge in [0.2, 0.25) is 0 Å². The van der Waals surface area contributed by atoms with E-state index in [1.54, 1.807) is 12.1 Å². The topological polar surface area (TPSA) is 47.3 Å². The molecule has 4 unspecified atom stereocenters. The molecule has 4 atom stereocenters. The summed E-state index contributed by atoms with van der Waals surface area (Å²) in [6, 6.07) is 5.92. The SMILES string of the molecule is COc1ccc(CC2NCC3C(N)C23)cc1F. The number of nitrogens with two attached hydrogens (primary N) is 1. The second-order valence-corrected chi connectivity index (χ2v) is 5.01. The molecule has 1 heterocycles. The van der Waals surface area contributed by atoms with E-state index in [2.05, 4.69) is 5.32 Å². The van der Waals surface area contributed by atoms with Crippen molar-refractivity contribution in [1.29, 1.82) is 0 Å². The number of ether oxygens (including phenoxy) is 1. The zero-order valence-electron chi connectivity index (χ0n) is 9.82. The first-order valence-electron chi connectivity index (χ1n) is 6.02. The molecular formula is C13H17FN2O. The lowest BCUT2D eigenvalue weighted by molar-refractivity contribution is 0.386. The van der Waals surface area contributed by atoms with Crippen molar-refractivity contribution < 1.29 is 9.13 Å². The van der Waals surface area contributed by atoms with Gasteiger partial charge in [-0.05, 0) is 36.0 Å². The van der Waals surface area contributed by atoms with Crippen LogP contribution >= 0.6 is 0 Å². The normalized spacial score (nSPS) is 34.5. The Morgan fingerprint density at radius 1 is 1.53 bits per heavy atom. The molecule has 0 amide bonds. The molecule has 0 bridgehead atoms. The van der Waals surface area contributed by atoms with Gasteiger partial charge in [0.25, 0.3) is 0 Å².